The molecule has 9 heteroatoms. The molecule has 1 aromatic heterocycles. The van der Waals surface area contributed by atoms with E-state index in [0.717, 1.165) is 17.8 Å². The molecule has 0 aliphatic carbocycles. The van der Waals surface area contributed by atoms with Crippen LogP contribution in [0.4, 0.5) is 23.2 Å². The van der Waals surface area contributed by atoms with Crippen molar-refractivity contribution in [1.29, 1.82) is 0 Å². The number of amides is 1. The van der Waals surface area contributed by atoms with E-state index in [2.05, 4.69) is 10.3 Å². The minimum atomic E-state index is -4.53. The molecule has 0 bridgehead atoms. The molecule has 4 nitrogen and oxygen atoms in total. The molecule has 1 amide bonds. The summed E-state index contributed by atoms with van der Waals surface area (Å²) < 4.78 is 58.9. The van der Waals surface area contributed by atoms with Crippen LogP contribution in [0.25, 0.3) is 17.4 Å². The van der Waals surface area contributed by atoms with Crippen molar-refractivity contribution < 1.29 is 26.8 Å². The van der Waals surface area contributed by atoms with Crippen LogP contribution in [0, 0.1) is 5.82 Å². The number of carbonyl (C=O) groups excluding carboxylic acids is 1. The van der Waals surface area contributed by atoms with Crippen molar-refractivity contribution in [2.75, 3.05) is 0 Å². The van der Waals surface area contributed by atoms with Crippen molar-refractivity contribution in [3.8, 4) is 11.3 Å². The third-order valence-electron chi connectivity index (χ3n) is 4.12. The normalized spacial score (nSPS) is 17.0. The second-order valence-electron chi connectivity index (χ2n) is 6.18. The van der Waals surface area contributed by atoms with Crippen LogP contribution >= 0.6 is 11.8 Å². The number of nitrogens with one attached hydrogen (secondary N) is 1. The number of rotatable bonds is 3. The first-order chi connectivity index (χ1) is 14.3. The predicted octanol–water partition coefficient (Wildman–Crippen LogP) is 6.00. The Kier molecular flexibility index (Phi) is 5.21. The summed E-state index contributed by atoms with van der Waals surface area (Å²) in [7, 11) is 0. The van der Waals surface area contributed by atoms with E-state index in [4.69, 9.17) is 4.42 Å². The zero-order chi connectivity index (χ0) is 21.3. The molecule has 0 spiro atoms. The summed E-state index contributed by atoms with van der Waals surface area (Å²) in [4.78, 5) is 16.4. The number of hydrogen-bond acceptors (Lipinski definition) is 4. The van der Waals surface area contributed by atoms with Crippen molar-refractivity contribution in [1.82, 2.24) is 5.32 Å². The number of carbonyl (C=O) groups is 1. The summed E-state index contributed by atoms with van der Waals surface area (Å²) in [5, 5.41) is 2.70. The molecular formula is C21H12F4N2O2S. The molecule has 1 aliphatic rings. The fourth-order valence-electron chi connectivity index (χ4n) is 2.78. The van der Waals surface area contributed by atoms with E-state index in [-0.39, 0.29) is 32.8 Å². The van der Waals surface area contributed by atoms with Crippen LogP contribution in [0.3, 0.4) is 0 Å². The van der Waals surface area contributed by atoms with E-state index in [1.807, 2.05) is 0 Å². The van der Waals surface area contributed by atoms with Gasteiger partial charge in [0.2, 0.25) is 0 Å². The highest BCUT2D eigenvalue weighted by Gasteiger charge is 2.34. The summed E-state index contributed by atoms with van der Waals surface area (Å²) in [6, 6.07) is 13.8. The molecular weight excluding hydrogens is 420 g/mol. The van der Waals surface area contributed by atoms with Crippen molar-refractivity contribution in [2.45, 2.75) is 6.18 Å². The van der Waals surface area contributed by atoms with Crippen molar-refractivity contribution >= 4 is 34.6 Å². The number of furan rings is 1. The number of nitrogens with zero attached hydrogens (tertiary/aromatic N) is 1. The molecule has 152 valence electrons. The first-order valence-electron chi connectivity index (χ1n) is 8.62. The van der Waals surface area contributed by atoms with Crippen LogP contribution in [0.2, 0.25) is 0 Å². The Labute approximate surface area is 172 Å². The smallest absolute Gasteiger partial charge is 0.417 e. The lowest BCUT2D eigenvalue weighted by atomic mass is 10.1. The third-order valence-corrected chi connectivity index (χ3v) is 5.03. The molecule has 0 saturated carbocycles. The standard InChI is InChI=1S/C21H12F4N2O2S/c22-15-7-3-4-8-16(15)26-20-27-19(28)18(30-20)11-12-9-10-17(29-12)13-5-1-2-6-14(13)21(23,24)25/h1-11H,(H,26,27,28)/b18-11-. The molecule has 30 heavy (non-hydrogen) atoms. The maximum atomic E-state index is 13.7. The van der Waals surface area contributed by atoms with Gasteiger partial charge in [-0.3, -0.25) is 4.79 Å². The summed E-state index contributed by atoms with van der Waals surface area (Å²) in [5.74, 6) is -0.773. The van der Waals surface area contributed by atoms with Crippen LogP contribution in [-0.2, 0) is 11.0 Å². The fraction of sp³-hybridized carbons (Fsp3) is 0.0476. The zero-order valence-corrected chi connectivity index (χ0v) is 15.9. The van der Waals surface area contributed by atoms with E-state index < -0.39 is 23.5 Å². The van der Waals surface area contributed by atoms with Crippen LogP contribution in [0.15, 0.2) is 75.0 Å². The largest absolute Gasteiger partial charge is 0.457 e. The first-order valence-corrected chi connectivity index (χ1v) is 9.43. The number of benzene rings is 2. The number of alkyl halides is 3. The highest BCUT2D eigenvalue weighted by molar-refractivity contribution is 8.18. The Bertz CT molecular complexity index is 1180. The quantitative estimate of drug-likeness (QED) is 0.408. The zero-order valence-electron chi connectivity index (χ0n) is 15.0. The molecule has 4 rings (SSSR count). The summed E-state index contributed by atoms with van der Waals surface area (Å²) in [6.45, 7) is 0. The topological polar surface area (TPSA) is 54.6 Å². The molecule has 1 fully saturated rings. The molecule has 2 aromatic carbocycles. The van der Waals surface area contributed by atoms with Gasteiger partial charge in [0, 0.05) is 11.6 Å². The molecule has 3 aromatic rings. The van der Waals surface area contributed by atoms with Crippen LogP contribution in [0.5, 0.6) is 0 Å². The van der Waals surface area contributed by atoms with Gasteiger partial charge >= 0.3 is 6.18 Å². The van der Waals surface area contributed by atoms with Crippen molar-refractivity contribution in [3.63, 3.8) is 0 Å². The second kappa shape index (κ2) is 7.83. The van der Waals surface area contributed by atoms with Gasteiger partial charge in [-0.05, 0) is 42.1 Å². The lowest BCUT2D eigenvalue weighted by Crippen LogP contribution is -2.19. The molecule has 0 atom stereocenters. The van der Waals surface area contributed by atoms with Crippen LogP contribution in [-0.4, -0.2) is 11.1 Å². The summed E-state index contributed by atoms with van der Waals surface area (Å²) in [6.07, 6.45) is -3.13. The minimum Gasteiger partial charge on any atom is -0.457 e. The Morgan fingerprint density at radius 2 is 1.73 bits per heavy atom. The SMILES string of the molecule is O=C1NC(=Nc2ccccc2F)S/C1=C\c1ccc(-c2ccccc2C(F)(F)F)o1. The van der Waals surface area contributed by atoms with Gasteiger partial charge in [-0.25, -0.2) is 9.38 Å². The van der Waals surface area contributed by atoms with E-state index in [1.165, 1.54) is 54.6 Å². The highest BCUT2D eigenvalue weighted by Crippen LogP contribution is 2.38. The molecule has 1 aliphatic heterocycles. The van der Waals surface area contributed by atoms with E-state index in [1.54, 1.807) is 6.07 Å². The van der Waals surface area contributed by atoms with Gasteiger partial charge < -0.3 is 9.73 Å². The Balaban J connectivity index is 1.60. The number of amidine groups is 1. The Morgan fingerprint density at radius 1 is 1.00 bits per heavy atom. The molecule has 0 unspecified atom stereocenters. The summed E-state index contributed by atoms with van der Waals surface area (Å²) in [5.41, 5.74) is -0.837. The fourth-order valence-corrected chi connectivity index (χ4v) is 3.60. The monoisotopic (exact) mass is 432 g/mol. The van der Waals surface area contributed by atoms with Gasteiger partial charge in [0.05, 0.1) is 10.5 Å². The Hall–Kier alpha value is -3.33. The van der Waals surface area contributed by atoms with Gasteiger partial charge in [-0.15, -0.1) is 0 Å². The molecule has 2 heterocycles. The minimum absolute atomic E-state index is 0.0263. The van der Waals surface area contributed by atoms with E-state index >= 15 is 0 Å². The van der Waals surface area contributed by atoms with Crippen LogP contribution < -0.4 is 5.32 Å². The summed E-state index contributed by atoms with van der Waals surface area (Å²) >= 11 is 0.973. The van der Waals surface area contributed by atoms with E-state index in [0.29, 0.717) is 0 Å². The van der Waals surface area contributed by atoms with Gasteiger partial charge in [-0.1, -0.05) is 30.3 Å². The maximum Gasteiger partial charge on any atom is 0.417 e. The second-order valence-corrected chi connectivity index (χ2v) is 7.21. The van der Waals surface area contributed by atoms with Crippen LogP contribution in [0.1, 0.15) is 11.3 Å². The van der Waals surface area contributed by atoms with Gasteiger partial charge in [0.15, 0.2) is 5.17 Å². The number of halogens is 4. The molecule has 1 saturated heterocycles. The lowest BCUT2D eigenvalue weighted by Gasteiger charge is -2.10. The van der Waals surface area contributed by atoms with Crippen molar-refractivity contribution in [2.24, 2.45) is 4.99 Å². The predicted molar refractivity (Wildman–Crippen MR) is 106 cm³/mol. The number of hydrogen-bond donors (Lipinski definition) is 1. The van der Waals surface area contributed by atoms with E-state index in [9.17, 15) is 22.4 Å². The van der Waals surface area contributed by atoms with Gasteiger partial charge in [0.1, 0.15) is 23.0 Å². The van der Waals surface area contributed by atoms with Gasteiger partial charge in [0.25, 0.3) is 5.91 Å². The molecule has 1 N–H and O–H groups in total. The maximum absolute atomic E-state index is 13.7. The van der Waals surface area contributed by atoms with Crippen molar-refractivity contribution in [3.05, 3.63) is 82.7 Å². The Morgan fingerprint density at radius 3 is 2.50 bits per heavy atom. The average molecular weight is 432 g/mol. The highest BCUT2D eigenvalue weighted by atomic mass is 32.2. The first kappa shape index (κ1) is 20.0. The van der Waals surface area contributed by atoms with Gasteiger partial charge in [-0.2, -0.15) is 13.2 Å². The molecule has 0 radical (unpaired) electrons. The third kappa shape index (κ3) is 4.16. The number of aliphatic imine (C=N–C) groups is 1. The number of para-hydroxylation sites is 1. The average Bonchev–Trinajstić information content (AvgIpc) is 3.30. The number of thioether (sulfide) groups is 1. The lowest BCUT2D eigenvalue weighted by molar-refractivity contribution is -0.137.